The summed E-state index contributed by atoms with van der Waals surface area (Å²) < 4.78 is 12.7. The molecule has 18 heavy (non-hydrogen) atoms. The van der Waals surface area contributed by atoms with Crippen LogP contribution in [0.2, 0.25) is 0 Å². The summed E-state index contributed by atoms with van der Waals surface area (Å²) >= 11 is 1.27. The highest BCUT2D eigenvalue weighted by Gasteiger charge is 2.14. The molecule has 0 bridgehead atoms. The van der Waals surface area contributed by atoms with Gasteiger partial charge in [-0.2, -0.15) is 0 Å². The predicted octanol–water partition coefficient (Wildman–Crippen LogP) is 2.30. The minimum atomic E-state index is -0.340. The summed E-state index contributed by atoms with van der Waals surface area (Å²) in [4.78, 5) is 16.7. The van der Waals surface area contributed by atoms with Crippen molar-refractivity contribution in [2.75, 3.05) is 5.32 Å². The first-order chi connectivity index (χ1) is 8.60. The van der Waals surface area contributed by atoms with Crippen molar-refractivity contribution in [2.45, 2.75) is 13.5 Å². The van der Waals surface area contributed by atoms with Crippen LogP contribution in [-0.4, -0.2) is 10.9 Å². The third kappa shape index (κ3) is 2.72. The van der Waals surface area contributed by atoms with Gasteiger partial charge in [0.25, 0.3) is 5.91 Å². The van der Waals surface area contributed by atoms with Crippen LogP contribution < -0.4 is 11.1 Å². The minimum Gasteiger partial charge on any atom is -0.325 e. The molecule has 1 heterocycles. The number of carbonyl (C=O) groups is 1. The van der Waals surface area contributed by atoms with Gasteiger partial charge in [-0.1, -0.05) is 0 Å². The summed E-state index contributed by atoms with van der Waals surface area (Å²) in [6, 6.07) is 5.60. The fourth-order valence-corrected chi connectivity index (χ4v) is 2.31. The van der Waals surface area contributed by atoms with Crippen LogP contribution in [0.5, 0.6) is 0 Å². The SMILES string of the molecule is Cc1nc(CN)sc1C(=O)Nc1ccc(F)cc1. The molecule has 1 amide bonds. The molecule has 0 fully saturated rings. The van der Waals surface area contributed by atoms with Gasteiger partial charge in [0.2, 0.25) is 0 Å². The molecule has 2 aromatic rings. The van der Waals surface area contributed by atoms with Gasteiger partial charge in [0, 0.05) is 12.2 Å². The standard InChI is InChI=1S/C12H12FN3OS/c1-7-11(18-10(6-14)15-7)12(17)16-9-4-2-8(13)3-5-9/h2-5H,6,14H2,1H3,(H,16,17). The molecule has 0 aliphatic carbocycles. The highest BCUT2D eigenvalue weighted by atomic mass is 32.1. The fraction of sp³-hybridized carbons (Fsp3) is 0.167. The van der Waals surface area contributed by atoms with E-state index in [4.69, 9.17) is 5.73 Å². The van der Waals surface area contributed by atoms with Gasteiger partial charge in [-0.25, -0.2) is 9.37 Å². The van der Waals surface area contributed by atoms with Crippen molar-refractivity contribution < 1.29 is 9.18 Å². The van der Waals surface area contributed by atoms with Gasteiger partial charge in [-0.3, -0.25) is 4.79 Å². The van der Waals surface area contributed by atoms with E-state index in [0.29, 0.717) is 22.8 Å². The van der Waals surface area contributed by atoms with Crippen molar-refractivity contribution in [1.29, 1.82) is 0 Å². The van der Waals surface area contributed by atoms with Crippen LogP contribution in [0.15, 0.2) is 24.3 Å². The maximum Gasteiger partial charge on any atom is 0.267 e. The number of anilines is 1. The van der Waals surface area contributed by atoms with Gasteiger partial charge in [0.15, 0.2) is 0 Å². The van der Waals surface area contributed by atoms with Crippen LogP contribution in [0, 0.1) is 12.7 Å². The molecule has 4 nitrogen and oxygen atoms in total. The van der Waals surface area contributed by atoms with Gasteiger partial charge < -0.3 is 11.1 Å². The summed E-state index contributed by atoms with van der Waals surface area (Å²) in [5.74, 6) is -0.594. The van der Waals surface area contributed by atoms with Crippen molar-refractivity contribution in [1.82, 2.24) is 4.98 Å². The Morgan fingerprint density at radius 3 is 2.67 bits per heavy atom. The molecule has 0 radical (unpaired) electrons. The Hall–Kier alpha value is -1.79. The fourth-order valence-electron chi connectivity index (χ4n) is 1.47. The number of carbonyl (C=O) groups excluding carboxylic acids is 1. The van der Waals surface area contributed by atoms with E-state index >= 15 is 0 Å². The van der Waals surface area contributed by atoms with E-state index in [2.05, 4.69) is 10.3 Å². The van der Waals surface area contributed by atoms with Crippen molar-refractivity contribution >= 4 is 22.9 Å². The number of nitrogens with one attached hydrogen (secondary N) is 1. The lowest BCUT2D eigenvalue weighted by atomic mass is 10.3. The Morgan fingerprint density at radius 1 is 1.44 bits per heavy atom. The molecule has 0 spiro atoms. The first-order valence-electron chi connectivity index (χ1n) is 5.33. The molecule has 1 aromatic carbocycles. The first kappa shape index (κ1) is 12.7. The van der Waals surface area contributed by atoms with Gasteiger partial charge in [0.1, 0.15) is 15.7 Å². The molecular weight excluding hydrogens is 253 g/mol. The summed E-state index contributed by atoms with van der Waals surface area (Å²) in [6.45, 7) is 2.07. The Kier molecular flexibility index (Phi) is 3.69. The molecule has 0 saturated heterocycles. The number of hydrogen-bond acceptors (Lipinski definition) is 4. The monoisotopic (exact) mass is 265 g/mol. The lowest BCUT2D eigenvalue weighted by Gasteiger charge is -2.03. The van der Waals surface area contributed by atoms with Crippen LogP contribution in [-0.2, 0) is 6.54 Å². The molecule has 1 aromatic heterocycles. The third-order valence-corrected chi connectivity index (χ3v) is 3.50. The summed E-state index contributed by atoms with van der Waals surface area (Å²) in [5, 5.41) is 3.41. The zero-order valence-electron chi connectivity index (χ0n) is 9.74. The maximum atomic E-state index is 12.7. The van der Waals surface area contributed by atoms with E-state index in [1.54, 1.807) is 6.92 Å². The second kappa shape index (κ2) is 5.24. The molecule has 2 rings (SSSR count). The average Bonchev–Trinajstić information content (AvgIpc) is 2.73. The summed E-state index contributed by atoms with van der Waals surface area (Å²) in [7, 11) is 0. The molecule has 0 aliphatic heterocycles. The molecular formula is C12H12FN3OS. The van der Waals surface area contributed by atoms with Crippen LogP contribution >= 0.6 is 11.3 Å². The third-order valence-electron chi connectivity index (χ3n) is 2.32. The Morgan fingerprint density at radius 2 is 2.11 bits per heavy atom. The zero-order chi connectivity index (χ0) is 13.1. The Balaban J connectivity index is 2.16. The minimum absolute atomic E-state index is 0.253. The number of hydrogen-bond donors (Lipinski definition) is 2. The maximum absolute atomic E-state index is 12.7. The quantitative estimate of drug-likeness (QED) is 0.894. The van der Waals surface area contributed by atoms with Crippen LogP contribution in [0.4, 0.5) is 10.1 Å². The zero-order valence-corrected chi connectivity index (χ0v) is 10.6. The first-order valence-corrected chi connectivity index (χ1v) is 6.15. The largest absolute Gasteiger partial charge is 0.325 e. The van der Waals surface area contributed by atoms with Crippen molar-refractivity contribution in [3.63, 3.8) is 0 Å². The number of halogens is 1. The van der Waals surface area contributed by atoms with Crippen molar-refractivity contribution in [3.8, 4) is 0 Å². The number of aromatic nitrogens is 1. The molecule has 0 unspecified atom stereocenters. The van der Waals surface area contributed by atoms with Gasteiger partial charge >= 0.3 is 0 Å². The summed E-state index contributed by atoms with van der Waals surface area (Å²) in [5.41, 5.74) is 6.67. The van der Waals surface area contributed by atoms with E-state index in [9.17, 15) is 9.18 Å². The molecule has 0 saturated carbocycles. The Labute approximate surface area is 108 Å². The van der Waals surface area contributed by atoms with E-state index in [1.807, 2.05) is 0 Å². The number of aryl methyl sites for hydroxylation is 1. The van der Waals surface area contributed by atoms with E-state index in [1.165, 1.54) is 35.6 Å². The van der Waals surface area contributed by atoms with Crippen molar-refractivity contribution in [2.24, 2.45) is 5.73 Å². The number of nitrogens with zero attached hydrogens (tertiary/aromatic N) is 1. The highest BCUT2D eigenvalue weighted by Crippen LogP contribution is 2.19. The number of thiazole rings is 1. The number of rotatable bonds is 3. The van der Waals surface area contributed by atoms with E-state index in [0.717, 1.165) is 5.01 Å². The van der Waals surface area contributed by atoms with Crippen molar-refractivity contribution in [3.05, 3.63) is 45.7 Å². The lowest BCUT2D eigenvalue weighted by molar-refractivity contribution is 0.103. The second-order valence-electron chi connectivity index (χ2n) is 3.69. The van der Waals surface area contributed by atoms with Crippen LogP contribution in [0.1, 0.15) is 20.4 Å². The van der Waals surface area contributed by atoms with Gasteiger partial charge in [0.05, 0.1) is 5.69 Å². The molecule has 6 heteroatoms. The molecule has 94 valence electrons. The molecule has 3 N–H and O–H groups in total. The van der Waals surface area contributed by atoms with E-state index in [-0.39, 0.29) is 11.7 Å². The normalized spacial score (nSPS) is 10.4. The second-order valence-corrected chi connectivity index (χ2v) is 4.77. The topological polar surface area (TPSA) is 68.0 Å². The number of nitrogens with two attached hydrogens (primary N) is 1. The van der Waals surface area contributed by atoms with Crippen LogP contribution in [0.25, 0.3) is 0 Å². The predicted molar refractivity (Wildman–Crippen MR) is 69.1 cm³/mol. The van der Waals surface area contributed by atoms with Crippen LogP contribution in [0.3, 0.4) is 0 Å². The van der Waals surface area contributed by atoms with Gasteiger partial charge in [-0.05, 0) is 31.2 Å². The molecule has 0 aliphatic rings. The Bertz CT molecular complexity index is 565. The number of amides is 1. The molecule has 0 atom stereocenters. The van der Waals surface area contributed by atoms with E-state index < -0.39 is 0 Å². The van der Waals surface area contributed by atoms with Gasteiger partial charge in [-0.15, -0.1) is 11.3 Å². The highest BCUT2D eigenvalue weighted by molar-refractivity contribution is 7.13. The summed E-state index contributed by atoms with van der Waals surface area (Å²) in [6.07, 6.45) is 0. The number of benzene rings is 1. The smallest absolute Gasteiger partial charge is 0.267 e. The lowest BCUT2D eigenvalue weighted by Crippen LogP contribution is -2.11. The average molecular weight is 265 g/mol.